The summed E-state index contributed by atoms with van der Waals surface area (Å²) in [5, 5.41) is 5.90. The van der Waals surface area contributed by atoms with E-state index < -0.39 is 0 Å². The molecule has 0 aliphatic carbocycles. The molecule has 1 spiro atoms. The topological polar surface area (TPSA) is 61.4 Å². The Morgan fingerprint density at radius 1 is 1.04 bits per heavy atom. The van der Waals surface area contributed by atoms with Crippen LogP contribution in [0.3, 0.4) is 0 Å². The van der Waals surface area contributed by atoms with Crippen molar-refractivity contribution in [1.82, 2.24) is 10.6 Å². The summed E-state index contributed by atoms with van der Waals surface area (Å²) in [6, 6.07) is 8.39. The predicted molar refractivity (Wildman–Crippen MR) is 104 cm³/mol. The summed E-state index contributed by atoms with van der Waals surface area (Å²) in [6.45, 7) is 8.55. The van der Waals surface area contributed by atoms with Crippen LogP contribution in [0.25, 0.3) is 0 Å². The Hall–Kier alpha value is -1.88. The lowest BCUT2D eigenvalue weighted by molar-refractivity contribution is -0.134. The second-order valence-electron chi connectivity index (χ2n) is 7.52. The van der Waals surface area contributed by atoms with Crippen molar-refractivity contribution in [3.05, 3.63) is 29.8 Å². The van der Waals surface area contributed by atoms with Gasteiger partial charge in [0.2, 0.25) is 11.8 Å². The van der Waals surface area contributed by atoms with E-state index in [9.17, 15) is 9.59 Å². The van der Waals surface area contributed by atoms with Gasteiger partial charge in [-0.05, 0) is 61.9 Å². The minimum Gasteiger partial charge on any atom is -0.371 e. The average Bonchev–Trinajstić information content (AvgIpc) is 3.07. The van der Waals surface area contributed by atoms with E-state index in [2.05, 4.69) is 39.8 Å². The van der Waals surface area contributed by atoms with Gasteiger partial charge in [-0.25, -0.2) is 0 Å². The Morgan fingerprint density at radius 2 is 1.73 bits per heavy atom. The van der Waals surface area contributed by atoms with Crippen LogP contribution in [0.4, 0.5) is 5.69 Å². The molecule has 3 saturated heterocycles. The molecule has 0 aromatic heterocycles. The van der Waals surface area contributed by atoms with Crippen molar-refractivity contribution in [2.75, 3.05) is 31.1 Å². The van der Waals surface area contributed by atoms with Crippen molar-refractivity contribution >= 4 is 17.5 Å². The zero-order valence-electron chi connectivity index (χ0n) is 16.0. The van der Waals surface area contributed by atoms with Gasteiger partial charge in [-0.3, -0.25) is 14.9 Å². The maximum Gasteiger partial charge on any atom is 0.234 e. The summed E-state index contributed by atoms with van der Waals surface area (Å²) in [4.78, 5) is 25.8. The molecule has 0 bridgehead atoms. The molecule has 26 heavy (non-hydrogen) atoms. The molecule has 2 N–H and O–H groups in total. The first-order chi connectivity index (χ1) is 12.7. The largest absolute Gasteiger partial charge is 0.371 e. The first-order valence-corrected chi connectivity index (χ1v) is 10.0. The Morgan fingerprint density at radius 3 is 2.38 bits per heavy atom. The Labute approximate surface area is 156 Å². The van der Waals surface area contributed by atoms with E-state index in [-0.39, 0.29) is 17.7 Å². The normalized spacial score (nSPS) is 24.8. The first-order valence-electron chi connectivity index (χ1n) is 10.0. The maximum atomic E-state index is 12.0. The first kappa shape index (κ1) is 18.9. The standard InChI is InChI=1S/C19H25N3O2.C2H6/c23-17-6-5-16(18(24)21-17)14-1-3-15(4-2-14)22-12-9-19(13-22)7-10-20-11-8-19;1-2/h1-4,16,20H,5-13H2,(H,21,23,24);1-2H3. The van der Waals surface area contributed by atoms with Crippen LogP contribution in [0.5, 0.6) is 0 Å². The van der Waals surface area contributed by atoms with E-state index >= 15 is 0 Å². The Balaban J connectivity index is 0.000000948. The van der Waals surface area contributed by atoms with Crippen molar-refractivity contribution in [3.63, 3.8) is 0 Å². The van der Waals surface area contributed by atoms with Gasteiger partial charge in [0.05, 0.1) is 5.92 Å². The average molecular weight is 357 g/mol. The van der Waals surface area contributed by atoms with Crippen molar-refractivity contribution < 1.29 is 9.59 Å². The second kappa shape index (κ2) is 8.21. The van der Waals surface area contributed by atoms with Gasteiger partial charge in [-0.1, -0.05) is 26.0 Å². The Kier molecular flexibility index (Phi) is 5.97. The van der Waals surface area contributed by atoms with Gasteiger partial charge in [0.15, 0.2) is 0 Å². The molecule has 1 atom stereocenters. The summed E-state index contributed by atoms with van der Waals surface area (Å²) >= 11 is 0. The molecule has 3 aliphatic heterocycles. The van der Waals surface area contributed by atoms with E-state index in [1.165, 1.54) is 24.9 Å². The zero-order valence-corrected chi connectivity index (χ0v) is 16.0. The highest BCUT2D eigenvalue weighted by Crippen LogP contribution is 2.40. The molecule has 1 aromatic carbocycles. The van der Waals surface area contributed by atoms with E-state index in [1.807, 2.05) is 13.8 Å². The summed E-state index contributed by atoms with van der Waals surface area (Å²) < 4.78 is 0. The number of benzene rings is 1. The maximum absolute atomic E-state index is 12.0. The van der Waals surface area contributed by atoms with Gasteiger partial charge in [0.1, 0.15) is 0 Å². The van der Waals surface area contributed by atoms with E-state index in [0.29, 0.717) is 18.3 Å². The summed E-state index contributed by atoms with van der Waals surface area (Å²) in [5.41, 5.74) is 2.76. The highest BCUT2D eigenvalue weighted by molar-refractivity contribution is 6.00. The SMILES string of the molecule is CC.O=C1CCC(c2ccc(N3CCC4(CCNCC4)C3)cc2)C(=O)N1. The number of hydrogen-bond donors (Lipinski definition) is 2. The van der Waals surface area contributed by atoms with Crippen LogP contribution < -0.4 is 15.5 Å². The third kappa shape index (κ3) is 3.93. The lowest BCUT2D eigenvalue weighted by atomic mass is 9.78. The number of carbonyl (C=O) groups excluding carboxylic acids is 2. The number of carbonyl (C=O) groups is 2. The second-order valence-corrected chi connectivity index (χ2v) is 7.52. The monoisotopic (exact) mass is 357 g/mol. The number of anilines is 1. The third-order valence-electron chi connectivity index (χ3n) is 6.00. The lowest BCUT2D eigenvalue weighted by Crippen LogP contribution is -2.39. The Bertz CT molecular complexity index is 635. The van der Waals surface area contributed by atoms with Gasteiger partial charge in [-0.15, -0.1) is 0 Å². The van der Waals surface area contributed by atoms with Crippen LogP contribution in [0.1, 0.15) is 57.4 Å². The summed E-state index contributed by atoms with van der Waals surface area (Å²) in [7, 11) is 0. The van der Waals surface area contributed by atoms with Crippen LogP contribution in [0.2, 0.25) is 0 Å². The number of nitrogens with zero attached hydrogens (tertiary/aromatic N) is 1. The lowest BCUT2D eigenvalue weighted by Gasteiger charge is -2.34. The molecular weight excluding hydrogens is 326 g/mol. The summed E-state index contributed by atoms with van der Waals surface area (Å²) in [5.74, 6) is -0.503. The minimum atomic E-state index is -0.189. The minimum absolute atomic E-state index is 0.155. The van der Waals surface area contributed by atoms with Gasteiger partial charge in [0, 0.05) is 25.2 Å². The van der Waals surface area contributed by atoms with Crippen molar-refractivity contribution in [3.8, 4) is 0 Å². The number of imide groups is 1. The van der Waals surface area contributed by atoms with Crippen LogP contribution in [0.15, 0.2) is 24.3 Å². The number of hydrogen-bond acceptors (Lipinski definition) is 4. The van der Waals surface area contributed by atoms with E-state index in [1.54, 1.807) is 0 Å². The van der Waals surface area contributed by atoms with Crippen LogP contribution in [-0.4, -0.2) is 38.0 Å². The van der Waals surface area contributed by atoms with Crippen molar-refractivity contribution in [2.45, 2.75) is 51.9 Å². The zero-order chi connectivity index (χ0) is 18.6. The number of amides is 2. The smallest absolute Gasteiger partial charge is 0.234 e. The molecule has 5 nitrogen and oxygen atoms in total. The fourth-order valence-corrected chi connectivity index (χ4v) is 4.45. The van der Waals surface area contributed by atoms with Crippen LogP contribution in [-0.2, 0) is 9.59 Å². The highest BCUT2D eigenvalue weighted by atomic mass is 16.2. The molecule has 3 aliphatic rings. The molecule has 1 aromatic rings. The molecule has 4 rings (SSSR count). The molecule has 0 radical (unpaired) electrons. The van der Waals surface area contributed by atoms with E-state index in [4.69, 9.17) is 0 Å². The fourth-order valence-electron chi connectivity index (χ4n) is 4.45. The molecule has 3 heterocycles. The molecule has 5 heteroatoms. The van der Waals surface area contributed by atoms with Crippen molar-refractivity contribution in [1.29, 1.82) is 0 Å². The summed E-state index contributed by atoms with van der Waals surface area (Å²) in [6.07, 6.45) is 4.88. The molecule has 0 saturated carbocycles. The quantitative estimate of drug-likeness (QED) is 0.799. The van der Waals surface area contributed by atoms with Gasteiger partial charge in [-0.2, -0.15) is 0 Å². The predicted octanol–water partition coefficient (Wildman–Crippen LogP) is 2.81. The molecule has 2 amide bonds. The van der Waals surface area contributed by atoms with Gasteiger partial charge in [0.25, 0.3) is 0 Å². The molecule has 3 fully saturated rings. The molecule has 142 valence electrons. The number of rotatable bonds is 2. The van der Waals surface area contributed by atoms with E-state index in [0.717, 1.165) is 31.7 Å². The third-order valence-corrected chi connectivity index (χ3v) is 6.00. The fraction of sp³-hybridized carbons (Fsp3) is 0.619. The molecular formula is C21H31N3O2. The van der Waals surface area contributed by atoms with Gasteiger partial charge < -0.3 is 10.2 Å². The van der Waals surface area contributed by atoms with Gasteiger partial charge >= 0.3 is 0 Å². The number of piperidine rings is 2. The highest BCUT2D eigenvalue weighted by Gasteiger charge is 2.39. The van der Waals surface area contributed by atoms with Crippen LogP contribution in [0, 0.1) is 5.41 Å². The molecule has 1 unspecified atom stereocenters. The van der Waals surface area contributed by atoms with Crippen LogP contribution >= 0.6 is 0 Å². The van der Waals surface area contributed by atoms with Crippen molar-refractivity contribution in [2.24, 2.45) is 5.41 Å². The number of nitrogens with one attached hydrogen (secondary N) is 2.